The zero-order valence-electron chi connectivity index (χ0n) is 22.4. The maximum atomic E-state index is 10.5. The summed E-state index contributed by atoms with van der Waals surface area (Å²) in [4.78, 5) is 17.2. The quantitative estimate of drug-likeness (QED) is 0.0695. The molecule has 0 spiro atoms. The molecule has 0 aliphatic rings. The first-order valence-electron chi connectivity index (χ1n) is 14.9. The number of rotatable bonds is 29. The number of hydrogen-bond donors (Lipinski definition) is 3. The summed E-state index contributed by atoms with van der Waals surface area (Å²) in [6.07, 6.45) is 34.1. The summed E-state index contributed by atoms with van der Waals surface area (Å²) in [5.41, 5.74) is 0. The van der Waals surface area contributed by atoms with Crippen molar-refractivity contribution in [1.82, 2.24) is 0 Å². The van der Waals surface area contributed by atoms with Crippen LogP contribution in [0.5, 0.6) is 0 Å². The van der Waals surface area contributed by atoms with Crippen LogP contribution in [-0.4, -0.2) is 28.1 Å². The molecule has 206 valence electrons. The lowest BCUT2D eigenvalue weighted by atomic mass is 10.0. The fourth-order valence-corrected chi connectivity index (χ4v) is 5.01. The summed E-state index contributed by atoms with van der Waals surface area (Å²) in [5.74, 6) is 0. The van der Waals surface area contributed by atoms with Crippen molar-refractivity contribution in [2.75, 3.05) is 13.2 Å². The summed E-state index contributed by atoms with van der Waals surface area (Å²) in [6.45, 7) is 0.524. The molecule has 6 heteroatoms. The maximum Gasteiger partial charge on any atom is 0.469 e. The van der Waals surface area contributed by atoms with Crippen LogP contribution in [0.1, 0.15) is 167 Å². The predicted molar refractivity (Wildman–Crippen MR) is 145 cm³/mol. The Morgan fingerprint density at radius 2 is 0.588 bits per heavy atom. The topological polar surface area (TPSA) is 87.0 Å². The van der Waals surface area contributed by atoms with Gasteiger partial charge >= 0.3 is 7.82 Å². The van der Waals surface area contributed by atoms with Gasteiger partial charge in [-0.15, -0.1) is 0 Å². The minimum Gasteiger partial charge on any atom is -0.396 e. The third-order valence-corrected chi connectivity index (χ3v) is 7.33. The summed E-state index contributed by atoms with van der Waals surface area (Å²) in [6, 6.07) is 0. The summed E-state index contributed by atoms with van der Waals surface area (Å²) >= 11 is 0. The molecule has 0 atom stereocenters. The van der Waals surface area contributed by atoms with E-state index in [1.165, 1.54) is 141 Å². The zero-order valence-corrected chi connectivity index (χ0v) is 23.3. The smallest absolute Gasteiger partial charge is 0.396 e. The molecule has 0 saturated carbocycles. The van der Waals surface area contributed by atoms with Gasteiger partial charge in [-0.25, -0.2) is 4.57 Å². The SMILES string of the molecule is O=P(O)(O)OCCCCCCCCCCCCCCCCCCCCCCCCCCCCO. The maximum absolute atomic E-state index is 10.5. The Hall–Kier alpha value is 0.0700. The van der Waals surface area contributed by atoms with E-state index in [2.05, 4.69) is 4.52 Å². The van der Waals surface area contributed by atoms with Gasteiger partial charge in [0.05, 0.1) is 6.61 Å². The second kappa shape index (κ2) is 27.7. The van der Waals surface area contributed by atoms with Crippen molar-refractivity contribution in [3.05, 3.63) is 0 Å². The molecule has 0 aromatic heterocycles. The molecule has 0 radical (unpaired) electrons. The van der Waals surface area contributed by atoms with Crippen molar-refractivity contribution in [3.8, 4) is 0 Å². The number of unbranched alkanes of at least 4 members (excludes halogenated alkanes) is 25. The van der Waals surface area contributed by atoms with E-state index >= 15 is 0 Å². The third-order valence-electron chi connectivity index (χ3n) is 6.81. The minimum atomic E-state index is -4.27. The van der Waals surface area contributed by atoms with Crippen LogP contribution in [0.2, 0.25) is 0 Å². The average Bonchev–Trinajstić information content (AvgIpc) is 2.80. The van der Waals surface area contributed by atoms with Gasteiger partial charge in [-0.05, 0) is 12.8 Å². The van der Waals surface area contributed by atoms with Gasteiger partial charge < -0.3 is 14.9 Å². The number of phosphoric acid groups is 1. The Morgan fingerprint density at radius 1 is 0.382 bits per heavy atom. The predicted octanol–water partition coefficient (Wildman–Crippen LogP) is 9.23. The van der Waals surface area contributed by atoms with Gasteiger partial charge in [0.25, 0.3) is 0 Å². The Kier molecular flexibility index (Phi) is 27.7. The molecule has 0 aliphatic heterocycles. The highest BCUT2D eigenvalue weighted by Gasteiger charge is 2.12. The van der Waals surface area contributed by atoms with Crippen molar-refractivity contribution in [3.63, 3.8) is 0 Å². The molecule has 3 N–H and O–H groups in total. The van der Waals surface area contributed by atoms with Crippen LogP contribution in [0.25, 0.3) is 0 Å². The van der Waals surface area contributed by atoms with E-state index in [0.29, 0.717) is 6.61 Å². The van der Waals surface area contributed by atoms with Crippen LogP contribution in [-0.2, 0) is 9.09 Å². The number of hydrogen-bond acceptors (Lipinski definition) is 3. The van der Waals surface area contributed by atoms with Crippen LogP contribution in [0.4, 0.5) is 0 Å². The first-order chi connectivity index (χ1) is 16.6. The average molecular weight is 507 g/mol. The van der Waals surface area contributed by atoms with Crippen LogP contribution in [0.3, 0.4) is 0 Å². The van der Waals surface area contributed by atoms with E-state index in [1.54, 1.807) is 0 Å². The number of phosphoric ester groups is 1. The molecule has 34 heavy (non-hydrogen) atoms. The van der Waals surface area contributed by atoms with Crippen molar-refractivity contribution >= 4 is 7.82 Å². The summed E-state index contributed by atoms with van der Waals surface area (Å²) in [5, 5.41) is 8.76. The Balaban J connectivity index is 3.03. The second-order valence-electron chi connectivity index (χ2n) is 10.2. The molecule has 0 amide bonds. The Bertz CT molecular complexity index is 427. The van der Waals surface area contributed by atoms with Crippen LogP contribution in [0.15, 0.2) is 0 Å². The highest BCUT2D eigenvalue weighted by molar-refractivity contribution is 7.46. The summed E-state index contributed by atoms with van der Waals surface area (Å²) in [7, 11) is -4.27. The van der Waals surface area contributed by atoms with Crippen molar-refractivity contribution in [2.24, 2.45) is 0 Å². The van der Waals surface area contributed by atoms with Crippen molar-refractivity contribution < 1.29 is 24.0 Å². The molecule has 0 saturated heterocycles. The monoisotopic (exact) mass is 506 g/mol. The van der Waals surface area contributed by atoms with E-state index in [-0.39, 0.29) is 6.61 Å². The first kappa shape index (κ1) is 34.1. The van der Waals surface area contributed by atoms with Crippen molar-refractivity contribution in [2.45, 2.75) is 167 Å². The van der Waals surface area contributed by atoms with Crippen LogP contribution < -0.4 is 0 Å². The Labute approximate surface area is 212 Å². The fraction of sp³-hybridized carbons (Fsp3) is 1.00. The van der Waals surface area contributed by atoms with Crippen molar-refractivity contribution in [1.29, 1.82) is 0 Å². The third kappa shape index (κ3) is 32.1. The van der Waals surface area contributed by atoms with E-state index in [4.69, 9.17) is 14.9 Å². The molecule has 0 rings (SSSR count). The van der Waals surface area contributed by atoms with Gasteiger partial charge in [-0.2, -0.15) is 0 Å². The van der Waals surface area contributed by atoms with E-state index in [1.807, 2.05) is 0 Å². The highest BCUT2D eigenvalue weighted by Crippen LogP contribution is 2.35. The molecule has 5 nitrogen and oxygen atoms in total. The molecule has 0 unspecified atom stereocenters. The lowest BCUT2D eigenvalue weighted by Crippen LogP contribution is -1.92. The molecule has 0 aromatic rings. The molecule has 0 aliphatic carbocycles. The van der Waals surface area contributed by atoms with Gasteiger partial charge in [-0.3, -0.25) is 4.52 Å². The van der Waals surface area contributed by atoms with Gasteiger partial charge in [0.1, 0.15) is 0 Å². The van der Waals surface area contributed by atoms with Gasteiger partial charge in [-0.1, -0.05) is 154 Å². The van der Waals surface area contributed by atoms with Gasteiger partial charge in [0, 0.05) is 6.61 Å². The lowest BCUT2D eigenvalue weighted by Gasteiger charge is -2.05. The second-order valence-corrected chi connectivity index (χ2v) is 11.5. The normalized spacial score (nSPS) is 12.0. The fourth-order valence-electron chi connectivity index (χ4n) is 4.64. The molecule has 0 fully saturated rings. The first-order valence-corrected chi connectivity index (χ1v) is 16.4. The summed E-state index contributed by atoms with van der Waals surface area (Å²) < 4.78 is 15.0. The number of aliphatic hydroxyl groups excluding tert-OH is 1. The van der Waals surface area contributed by atoms with Crippen LogP contribution in [0, 0.1) is 0 Å². The molecule has 0 heterocycles. The minimum absolute atomic E-state index is 0.166. The molecule has 0 aromatic carbocycles. The molecule has 0 bridgehead atoms. The lowest BCUT2D eigenvalue weighted by molar-refractivity contribution is 0.193. The van der Waals surface area contributed by atoms with E-state index in [9.17, 15) is 4.57 Å². The zero-order chi connectivity index (χ0) is 25.0. The van der Waals surface area contributed by atoms with Gasteiger partial charge in [0.15, 0.2) is 0 Å². The van der Waals surface area contributed by atoms with E-state index in [0.717, 1.165) is 25.7 Å². The Morgan fingerprint density at radius 3 is 0.794 bits per heavy atom. The standard InChI is InChI=1S/C28H59O5P/c29-27-25-23-21-19-17-15-13-11-9-7-5-3-1-2-4-6-8-10-12-14-16-18-20-22-24-26-28-33-34(30,31)32/h29H,1-28H2,(H2,30,31,32). The molecular formula is C28H59O5P. The van der Waals surface area contributed by atoms with Gasteiger partial charge in [0.2, 0.25) is 0 Å². The van der Waals surface area contributed by atoms with E-state index < -0.39 is 7.82 Å². The van der Waals surface area contributed by atoms with Crippen LogP contribution >= 0.6 is 7.82 Å². The number of aliphatic hydroxyl groups is 1. The molecular weight excluding hydrogens is 447 g/mol. The highest BCUT2D eigenvalue weighted by atomic mass is 31.2. The largest absolute Gasteiger partial charge is 0.469 e.